The first kappa shape index (κ1) is 22.2. The van der Waals surface area contributed by atoms with Crippen molar-refractivity contribution in [2.75, 3.05) is 11.6 Å². The molecule has 0 amide bonds. The number of sulfone groups is 1. The van der Waals surface area contributed by atoms with E-state index in [1.54, 1.807) is 12.1 Å². The quantitative estimate of drug-likeness (QED) is 0.451. The summed E-state index contributed by atoms with van der Waals surface area (Å²) < 4.78 is 62.6. The molecular formula is C21H15F3N6O2S. The lowest BCUT2D eigenvalue weighted by Gasteiger charge is -2.09. The number of hydrogen-bond acceptors (Lipinski definition) is 7. The summed E-state index contributed by atoms with van der Waals surface area (Å²) in [5.74, 6) is 0.144. The first-order chi connectivity index (χ1) is 15.6. The molecule has 0 aliphatic carbocycles. The monoisotopic (exact) mass is 472 g/mol. The number of rotatable bonds is 5. The van der Waals surface area contributed by atoms with Gasteiger partial charge in [-0.2, -0.15) is 18.4 Å². The van der Waals surface area contributed by atoms with Crippen LogP contribution in [-0.4, -0.2) is 34.6 Å². The number of anilines is 1. The zero-order chi connectivity index (χ0) is 23.8. The van der Waals surface area contributed by atoms with Gasteiger partial charge in [-0.3, -0.25) is 0 Å². The SMILES string of the molecule is CS(=O)(=O)c1ccc(CNc2ncc(C#N)c(-c3c[nH]c4ncc(C(F)(F)F)cc34)n2)cc1. The van der Waals surface area contributed by atoms with Crippen molar-refractivity contribution in [3.05, 3.63) is 65.6 Å². The molecule has 0 spiro atoms. The summed E-state index contributed by atoms with van der Waals surface area (Å²) in [5.41, 5.74) is 0.567. The summed E-state index contributed by atoms with van der Waals surface area (Å²) in [7, 11) is -3.31. The summed E-state index contributed by atoms with van der Waals surface area (Å²) in [6, 6.07) is 9.14. The van der Waals surface area contributed by atoms with Crippen molar-refractivity contribution in [1.29, 1.82) is 5.26 Å². The van der Waals surface area contributed by atoms with Gasteiger partial charge in [0.05, 0.1) is 27.9 Å². The second-order valence-electron chi connectivity index (χ2n) is 7.16. The molecular weight excluding hydrogens is 457 g/mol. The van der Waals surface area contributed by atoms with Crippen LogP contribution in [0.25, 0.3) is 22.3 Å². The molecule has 2 N–H and O–H groups in total. The van der Waals surface area contributed by atoms with Gasteiger partial charge in [0.15, 0.2) is 9.84 Å². The molecule has 3 heterocycles. The van der Waals surface area contributed by atoms with Crippen molar-refractivity contribution >= 4 is 26.8 Å². The molecule has 0 saturated heterocycles. The lowest BCUT2D eigenvalue weighted by molar-refractivity contribution is -0.137. The number of fused-ring (bicyclic) bond motifs is 1. The Balaban J connectivity index is 1.66. The molecule has 0 aliphatic heterocycles. The fourth-order valence-corrected chi connectivity index (χ4v) is 3.77. The highest BCUT2D eigenvalue weighted by atomic mass is 32.2. The maximum atomic E-state index is 13.1. The van der Waals surface area contributed by atoms with Gasteiger partial charge >= 0.3 is 6.18 Å². The first-order valence-electron chi connectivity index (χ1n) is 9.41. The van der Waals surface area contributed by atoms with E-state index in [1.807, 2.05) is 6.07 Å². The number of nitriles is 1. The maximum absolute atomic E-state index is 13.1. The number of nitrogens with zero attached hydrogens (tertiary/aromatic N) is 4. The highest BCUT2D eigenvalue weighted by molar-refractivity contribution is 7.90. The van der Waals surface area contributed by atoms with Gasteiger partial charge in [0.1, 0.15) is 11.7 Å². The lowest BCUT2D eigenvalue weighted by atomic mass is 10.1. The normalized spacial score (nSPS) is 12.0. The molecule has 0 radical (unpaired) electrons. The van der Waals surface area contributed by atoms with E-state index in [4.69, 9.17) is 0 Å². The molecule has 168 valence electrons. The predicted molar refractivity (Wildman–Crippen MR) is 114 cm³/mol. The second kappa shape index (κ2) is 8.18. The van der Waals surface area contributed by atoms with Crippen molar-refractivity contribution < 1.29 is 21.6 Å². The molecule has 12 heteroatoms. The lowest BCUT2D eigenvalue weighted by Crippen LogP contribution is -2.06. The molecule has 0 fully saturated rings. The largest absolute Gasteiger partial charge is 0.417 e. The Morgan fingerprint density at radius 2 is 1.88 bits per heavy atom. The van der Waals surface area contributed by atoms with E-state index < -0.39 is 21.6 Å². The number of nitrogens with one attached hydrogen (secondary N) is 2. The Hall–Kier alpha value is -3.98. The molecule has 4 rings (SSSR count). The molecule has 4 aromatic rings. The third-order valence-electron chi connectivity index (χ3n) is 4.82. The number of halogens is 3. The molecule has 1 aromatic carbocycles. The Kier molecular flexibility index (Phi) is 5.51. The van der Waals surface area contributed by atoms with Gasteiger partial charge < -0.3 is 10.3 Å². The highest BCUT2D eigenvalue weighted by Crippen LogP contribution is 2.34. The van der Waals surface area contributed by atoms with E-state index in [0.717, 1.165) is 24.1 Å². The minimum absolute atomic E-state index is 0.0800. The van der Waals surface area contributed by atoms with Crippen LogP contribution in [0.5, 0.6) is 0 Å². The van der Waals surface area contributed by atoms with E-state index in [0.29, 0.717) is 0 Å². The van der Waals surface area contributed by atoms with Crippen molar-refractivity contribution in [3.63, 3.8) is 0 Å². The van der Waals surface area contributed by atoms with E-state index in [1.165, 1.54) is 24.5 Å². The van der Waals surface area contributed by atoms with Crippen LogP contribution >= 0.6 is 0 Å². The minimum atomic E-state index is -4.57. The van der Waals surface area contributed by atoms with Crippen molar-refractivity contribution in [1.82, 2.24) is 19.9 Å². The standard InChI is InChI=1S/C21H15F3N6O2S/c1-33(31,32)15-4-2-12(3-5-15)8-28-20-29-9-13(7-25)18(30-20)17-11-27-19-16(17)6-14(10-26-19)21(22,23)24/h2-6,9-11H,8H2,1H3,(H,26,27)(H,28,29,30). The van der Waals surface area contributed by atoms with Crippen LogP contribution in [0.3, 0.4) is 0 Å². The molecule has 33 heavy (non-hydrogen) atoms. The van der Waals surface area contributed by atoms with Gasteiger partial charge in [0.2, 0.25) is 5.95 Å². The van der Waals surface area contributed by atoms with Crippen LogP contribution in [0.4, 0.5) is 19.1 Å². The number of aromatic nitrogens is 4. The fraction of sp³-hybridized carbons (Fsp3) is 0.143. The first-order valence-corrected chi connectivity index (χ1v) is 11.3. The number of aromatic amines is 1. The van der Waals surface area contributed by atoms with E-state index in [9.17, 15) is 26.9 Å². The number of pyridine rings is 1. The number of H-pyrrole nitrogens is 1. The Bertz CT molecular complexity index is 1490. The Labute approximate surface area is 186 Å². The van der Waals surface area contributed by atoms with Crippen molar-refractivity contribution in [3.8, 4) is 17.3 Å². The molecule has 3 aromatic heterocycles. The predicted octanol–water partition coefficient (Wildman–Crippen LogP) is 3.93. The van der Waals surface area contributed by atoms with Gasteiger partial charge in [-0.05, 0) is 23.8 Å². The fourth-order valence-electron chi connectivity index (χ4n) is 3.14. The molecule has 0 bridgehead atoms. The van der Waals surface area contributed by atoms with E-state index in [2.05, 4.69) is 25.3 Å². The molecule has 0 saturated carbocycles. The van der Waals surface area contributed by atoms with E-state index >= 15 is 0 Å². The molecule has 0 aliphatic rings. The molecule has 8 nitrogen and oxygen atoms in total. The van der Waals surface area contributed by atoms with Crippen LogP contribution in [-0.2, 0) is 22.6 Å². The summed E-state index contributed by atoms with van der Waals surface area (Å²) in [5, 5.41) is 12.6. The zero-order valence-corrected chi connectivity index (χ0v) is 17.8. The number of hydrogen-bond donors (Lipinski definition) is 2. The van der Waals surface area contributed by atoms with Crippen LogP contribution < -0.4 is 5.32 Å². The van der Waals surface area contributed by atoms with Crippen molar-refractivity contribution in [2.45, 2.75) is 17.6 Å². The molecule has 0 unspecified atom stereocenters. The van der Waals surface area contributed by atoms with Crippen molar-refractivity contribution in [2.24, 2.45) is 0 Å². The summed E-state index contributed by atoms with van der Waals surface area (Å²) in [4.78, 5) is 15.2. The van der Waals surface area contributed by atoms with Gasteiger partial charge in [0.25, 0.3) is 0 Å². The van der Waals surface area contributed by atoms with Gasteiger partial charge in [-0.1, -0.05) is 12.1 Å². The van der Waals surface area contributed by atoms with Crippen LogP contribution in [0.15, 0.2) is 53.8 Å². The van der Waals surface area contributed by atoms with Gasteiger partial charge in [-0.25, -0.2) is 23.4 Å². The van der Waals surface area contributed by atoms with Crippen LogP contribution in [0, 0.1) is 11.3 Å². The average Bonchev–Trinajstić information content (AvgIpc) is 3.20. The van der Waals surface area contributed by atoms with Gasteiger partial charge in [0, 0.05) is 36.1 Å². The smallest absolute Gasteiger partial charge is 0.350 e. The highest BCUT2D eigenvalue weighted by Gasteiger charge is 2.31. The zero-order valence-electron chi connectivity index (χ0n) is 17.0. The number of alkyl halides is 3. The second-order valence-corrected chi connectivity index (χ2v) is 9.17. The summed E-state index contributed by atoms with van der Waals surface area (Å²) >= 11 is 0. The van der Waals surface area contributed by atoms with Crippen LogP contribution in [0.1, 0.15) is 16.7 Å². The summed E-state index contributed by atoms with van der Waals surface area (Å²) in [6.07, 6.45) is -0.00901. The Morgan fingerprint density at radius 1 is 1.15 bits per heavy atom. The van der Waals surface area contributed by atoms with E-state index in [-0.39, 0.29) is 45.2 Å². The molecule has 0 atom stereocenters. The third kappa shape index (κ3) is 4.63. The Morgan fingerprint density at radius 3 is 2.52 bits per heavy atom. The maximum Gasteiger partial charge on any atom is 0.417 e. The average molecular weight is 472 g/mol. The topological polar surface area (TPSA) is 124 Å². The minimum Gasteiger partial charge on any atom is -0.350 e. The summed E-state index contributed by atoms with van der Waals surface area (Å²) in [6.45, 7) is 0.253. The van der Waals surface area contributed by atoms with Gasteiger partial charge in [-0.15, -0.1) is 0 Å². The third-order valence-corrected chi connectivity index (χ3v) is 5.95. The number of benzene rings is 1. The van der Waals surface area contributed by atoms with Crippen LogP contribution in [0.2, 0.25) is 0 Å².